The number of rotatable bonds is 4. The Kier molecular flexibility index (Phi) is 4.48. The van der Waals surface area contributed by atoms with E-state index in [9.17, 15) is 4.79 Å². The van der Waals surface area contributed by atoms with Gasteiger partial charge in [-0.3, -0.25) is 4.79 Å². The van der Waals surface area contributed by atoms with Gasteiger partial charge < -0.3 is 5.32 Å². The van der Waals surface area contributed by atoms with Crippen LogP contribution in [0.3, 0.4) is 0 Å². The Bertz CT molecular complexity index is 303. The Morgan fingerprint density at radius 3 is 2.71 bits per heavy atom. The van der Waals surface area contributed by atoms with E-state index in [1.165, 1.54) is 12.5 Å². The molecule has 1 rings (SSSR count). The standard InChI is InChI=1S/C12H15NO/c1-11(14)13-10-6-5-9-12-7-3-2-4-8-12/h2-5,7-9H,6,10H2,1H3,(H,13,14)/b9-5-. The van der Waals surface area contributed by atoms with Crippen LogP contribution < -0.4 is 5.32 Å². The van der Waals surface area contributed by atoms with Crippen LogP contribution in [0.1, 0.15) is 18.9 Å². The summed E-state index contributed by atoms with van der Waals surface area (Å²) in [6.45, 7) is 2.24. The third kappa shape index (κ3) is 4.45. The van der Waals surface area contributed by atoms with Gasteiger partial charge in [0, 0.05) is 13.5 Å². The van der Waals surface area contributed by atoms with Crippen LogP contribution in [0.25, 0.3) is 6.08 Å². The van der Waals surface area contributed by atoms with Crippen LogP contribution in [0.5, 0.6) is 0 Å². The van der Waals surface area contributed by atoms with Gasteiger partial charge in [-0.25, -0.2) is 0 Å². The molecule has 0 unspecified atom stereocenters. The van der Waals surface area contributed by atoms with E-state index in [0.29, 0.717) is 6.54 Å². The molecule has 0 saturated heterocycles. The van der Waals surface area contributed by atoms with Crippen molar-refractivity contribution < 1.29 is 4.79 Å². The van der Waals surface area contributed by atoms with Gasteiger partial charge in [0.2, 0.25) is 5.91 Å². The summed E-state index contributed by atoms with van der Waals surface area (Å²) in [6, 6.07) is 10.1. The fraction of sp³-hybridized carbons (Fsp3) is 0.250. The van der Waals surface area contributed by atoms with Crippen molar-refractivity contribution in [2.45, 2.75) is 13.3 Å². The molecule has 0 aromatic heterocycles. The molecule has 0 aliphatic heterocycles. The van der Waals surface area contributed by atoms with Gasteiger partial charge in [0.25, 0.3) is 0 Å². The van der Waals surface area contributed by atoms with Crippen molar-refractivity contribution in [3.63, 3.8) is 0 Å². The van der Waals surface area contributed by atoms with Crippen LogP contribution in [0.2, 0.25) is 0 Å². The number of amides is 1. The highest BCUT2D eigenvalue weighted by Crippen LogP contribution is 2.01. The highest BCUT2D eigenvalue weighted by atomic mass is 16.1. The quantitative estimate of drug-likeness (QED) is 0.723. The smallest absolute Gasteiger partial charge is 0.216 e. The van der Waals surface area contributed by atoms with Gasteiger partial charge in [0.15, 0.2) is 0 Å². The third-order valence-corrected chi connectivity index (χ3v) is 1.79. The van der Waals surface area contributed by atoms with Crippen LogP contribution in [0, 0.1) is 0 Å². The number of hydrogen-bond acceptors (Lipinski definition) is 1. The molecule has 1 amide bonds. The lowest BCUT2D eigenvalue weighted by Gasteiger charge is -1.96. The third-order valence-electron chi connectivity index (χ3n) is 1.79. The molecule has 74 valence electrons. The van der Waals surface area contributed by atoms with E-state index in [-0.39, 0.29) is 5.91 Å². The Balaban J connectivity index is 2.25. The highest BCUT2D eigenvalue weighted by molar-refractivity contribution is 5.72. The largest absolute Gasteiger partial charge is 0.356 e. The summed E-state index contributed by atoms with van der Waals surface area (Å²) in [5.41, 5.74) is 1.19. The average molecular weight is 189 g/mol. The van der Waals surface area contributed by atoms with Crippen molar-refractivity contribution in [1.82, 2.24) is 5.32 Å². The summed E-state index contributed by atoms with van der Waals surface area (Å²) in [4.78, 5) is 10.5. The summed E-state index contributed by atoms with van der Waals surface area (Å²) >= 11 is 0. The molecule has 0 aliphatic rings. The molecule has 0 spiro atoms. The van der Waals surface area contributed by atoms with E-state index in [0.717, 1.165) is 6.42 Å². The minimum absolute atomic E-state index is 0.0260. The minimum Gasteiger partial charge on any atom is -0.356 e. The molecule has 2 heteroatoms. The molecule has 0 aliphatic carbocycles. The zero-order valence-electron chi connectivity index (χ0n) is 8.36. The first-order valence-electron chi connectivity index (χ1n) is 4.75. The first-order chi connectivity index (χ1) is 6.79. The fourth-order valence-corrected chi connectivity index (χ4v) is 1.12. The number of carbonyl (C=O) groups excluding carboxylic acids is 1. The summed E-state index contributed by atoms with van der Waals surface area (Å²) in [6.07, 6.45) is 4.99. The number of benzene rings is 1. The topological polar surface area (TPSA) is 29.1 Å². The number of hydrogen-bond donors (Lipinski definition) is 1. The molecular formula is C12H15NO. The van der Waals surface area contributed by atoms with Crippen LogP contribution in [-0.2, 0) is 4.79 Å². The van der Waals surface area contributed by atoms with Crippen molar-refractivity contribution in [2.24, 2.45) is 0 Å². The Hall–Kier alpha value is -1.57. The molecule has 2 nitrogen and oxygen atoms in total. The Morgan fingerprint density at radius 1 is 1.36 bits per heavy atom. The van der Waals surface area contributed by atoms with Gasteiger partial charge in [-0.15, -0.1) is 0 Å². The molecule has 0 heterocycles. The van der Waals surface area contributed by atoms with Crippen molar-refractivity contribution in [1.29, 1.82) is 0 Å². The SMILES string of the molecule is CC(=O)NCC/C=C\c1ccccc1. The molecule has 0 saturated carbocycles. The second-order valence-corrected chi connectivity index (χ2v) is 3.08. The number of nitrogens with one attached hydrogen (secondary N) is 1. The molecule has 1 aromatic rings. The van der Waals surface area contributed by atoms with Crippen molar-refractivity contribution in [3.8, 4) is 0 Å². The van der Waals surface area contributed by atoms with Crippen molar-refractivity contribution in [3.05, 3.63) is 42.0 Å². The molecule has 14 heavy (non-hydrogen) atoms. The van der Waals surface area contributed by atoms with Gasteiger partial charge in [0.05, 0.1) is 0 Å². The molecule has 1 N–H and O–H groups in total. The average Bonchev–Trinajstić information content (AvgIpc) is 2.18. The van der Waals surface area contributed by atoms with Crippen LogP contribution in [0.4, 0.5) is 0 Å². The Labute approximate surface area is 84.6 Å². The van der Waals surface area contributed by atoms with Crippen molar-refractivity contribution in [2.75, 3.05) is 6.54 Å². The zero-order valence-corrected chi connectivity index (χ0v) is 8.36. The lowest BCUT2D eigenvalue weighted by atomic mass is 10.2. The maximum Gasteiger partial charge on any atom is 0.216 e. The van der Waals surface area contributed by atoms with E-state index in [1.54, 1.807) is 0 Å². The first kappa shape index (κ1) is 10.5. The van der Waals surface area contributed by atoms with Crippen LogP contribution >= 0.6 is 0 Å². The monoisotopic (exact) mass is 189 g/mol. The van der Waals surface area contributed by atoms with Gasteiger partial charge >= 0.3 is 0 Å². The molecule has 0 bridgehead atoms. The van der Waals surface area contributed by atoms with Crippen LogP contribution in [-0.4, -0.2) is 12.5 Å². The molecule has 1 aromatic carbocycles. The van der Waals surface area contributed by atoms with Gasteiger partial charge in [0.1, 0.15) is 0 Å². The predicted molar refractivity (Wildman–Crippen MR) is 58.8 cm³/mol. The summed E-state index contributed by atoms with van der Waals surface area (Å²) in [5, 5.41) is 2.74. The highest BCUT2D eigenvalue weighted by Gasteiger charge is 1.87. The van der Waals surface area contributed by atoms with E-state index in [4.69, 9.17) is 0 Å². The van der Waals surface area contributed by atoms with Gasteiger partial charge in [-0.05, 0) is 12.0 Å². The van der Waals surface area contributed by atoms with Crippen molar-refractivity contribution >= 4 is 12.0 Å². The summed E-state index contributed by atoms with van der Waals surface area (Å²) in [7, 11) is 0. The van der Waals surface area contributed by atoms with E-state index in [2.05, 4.69) is 29.6 Å². The van der Waals surface area contributed by atoms with E-state index in [1.807, 2.05) is 18.2 Å². The van der Waals surface area contributed by atoms with Gasteiger partial charge in [-0.2, -0.15) is 0 Å². The molecule has 0 fully saturated rings. The molecule has 0 atom stereocenters. The summed E-state index contributed by atoms with van der Waals surface area (Å²) in [5.74, 6) is 0.0260. The van der Waals surface area contributed by atoms with E-state index < -0.39 is 0 Å². The normalized spacial score (nSPS) is 10.4. The second kappa shape index (κ2) is 5.97. The maximum atomic E-state index is 10.5. The summed E-state index contributed by atoms with van der Waals surface area (Å²) < 4.78 is 0. The van der Waals surface area contributed by atoms with E-state index >= 15 is 0 Å². The Morgan fingerprint density at radius 2 is 2.07 bits per heavy atom. The predicted octanol–water partition coefficient (Wildman–Crippen LogP) is 2.23. The maximum absolute atomic E-state index is 10.5. The van der Waals surface area contributed by atoms with Crippen LogP contribution in [0.15, 0.2) is 36.4 Å². The fourth-order valence-electron chi connectivity index (χ4n) is 1.12. The lowest BCUT2D eigenvalue weighted by Crippen LogP contribution is -2.20. The molecular weight excluding hydrogens is 174 g/mol. The first-order valence-corrected chi connectivity index (χ1v) is 4.75. The number of carbonyl (C=O) groups is 1. The zero-order chi connectivity index (χ0) is 10.2. The van der Waals surface area contributed by atoms with Gasteiger partial charge in [-0.1, -0.05) is 42.5 Å². The minimum atomic E-state index is 0.0260. The lowest BCUT2D eigenvalue weighted by molar-refractivity contribution is -0.118. The molecule has 0 radical (unpaired) electrons. The second-order valence-electron chi connectivity index (χ2n) is 3.08.